The molecule has 6 heteroatoms. The summed E-state index contributed by atoms with van der Waals surface area (Å²) in [5.41, 5.74) is 6.43. The van der Waals surface area contributed by atoms with Crippen LogP contribution in [0.4, 0.5) is 0 Å². The number of oxazole rings is 1. The van der Waals surface area contributed by atoms with Gasteiger partial charge in [0.05, 0.1) is 0 Å². The lowest BCUT2D eigenvalue weighted by atomic mass is 9.99. The summed E-state index contributed by atoms with van der Waals surface area (Å²) < 4.78 is 12.9. The van der Waals surface area contributed by atoms with Gasteiger partial charge >= 0.3 is 0 Å². The summed E-state index contributed by atoms with van der Waals surface area (Å²) in [5.74, 6) is 2.23. The summed E-state index contributed by atoms with van der Waals surface area (Å²) in [7, 11) is 0. The highest BCUT2D eigenvalue weighted by molar-refractivity contribution is 6.26. The Morgan fingerprint density at radius 2 is 1.02 bits per heavy atom. The number of nitrogens with zero attached hydrogens (tertiary/aromatic N) is 4. The molecule has 6 nitrogen and oxygen atoms in total. The quantitative estimate of drug-likeness (QED) is 0.211. The van der Waals surface area contributed by atoms with Gasteiger partial charge in [0.1, 0.15) is 16.7 Å². The van der Waals surface area contributed by atoms with Crippen LogP contribution in [0.15, 0.2) is 142 Å². The molecular formula is C38H22N4O2. The fourth-order valence-electron chi connectivity index (χ4n) is 5.90. The van der Waals surface area contributed by atoms with Gasteiger partial charge in [-0.25, -0.2) is 19.9 Å². The van der Waals surface area contributed by atoms with Gasteiger partial charge in [-0.05, 0) is 35.7 Å². The van der Waals surface area contributed by atoms with Crippen molar-refractivity contribution in [1.82, 2.24) is 19.9 Å². The van der Waals surface area contributed by atoms with Gasteiger partial charge in [0.2, 0.25) is 5.89 Å². The van der Waals surface area contributed by atoms with E-state index in [0.29, 0.717) is 34.5 Å². The lowest BCUT2D eigenvalue weighted by molar-refractivity contribution is 0.623. The molecule has 0 saturated heterocycles. The number of furan rings is 1. The molecule has 3 aromatic heterocycles. The minimum absolute atomic E-state index is 0.523. The number of para-hydroxylation sites is 1. The summed E-state index contributed by atoms with van der Waals surface area (Å²) >= 11 is 0. The van der Waals surface area contributed by atoms with Gasteiger partial charge in [-0.3, -0.25) is 0 Å². The summed E-state index contributed by atoms with van der Waals surface area (Å²) in [6, 6.07) is 44.1. The molecule has 0 aliphatic heterocycles. The average molecular weight is 567 g/mol. The molecule has 0 fully saturated rings. The zero-order valence-corrected chi connectivity index (χ0v) is 23.3. The largest absolute Gasteiger partial charge is 0.456 e. The first-order chi connectivity index (χ1) is 21.8. The molecular weight excluding hydrogens is 544 g/mol. The molecule has 0 aliphatic carbocycles. The molecule has 9 aromatic rings. The van der Waals surface area contributed by atoms with Crippen LogP contribution in [0.25, 0.3) is 89.4 Å². The molecule has 0 bridgehead atoms. The first kappa shape index (κ1) is 24.5. The van der Waals surface area contributed by atoms with Gasteiger partial charge in [0, 0.05) is 38.4 Å². The van der Waals surface area contributed by atoms with Gasteiger partial charge in [0.25, 0.3) is 0 Å². The molecule has 0 saturated carbocycles. The maximum absolute atomic E-state index is 6.66. The van der Waals surface area contributed by atoms with Crippen LogP contribution in [0.2, 0.25) is 0 Å². The molecule has 0 aliphatic rings. The van der Waals surface area contributed by atoms with Crippen molar-refractivity contribution >= 4 is 43.8 Å². The van der Waals surface area contributed by atoms with E-state index < -0.39 is 0 Å². The SMILES string of the molecule is c1ccc(-c2nc(-c3ccccc3)nc(-c3cc4ccc5oc6ccccc6c5c4c4oc(-c5ccccc5)nc34)n2)cc1. The number of hydrogen-bond donors (Lipinski definition) is 0. The van der Waals surface area contributed by atoms with Crippen LogP contribution in [-0.4, -0.2) is 19.9 Å². The Labute approximate surface area is 251 Å². The van der Waals surface area contributed by atoms with Gasteiger partial charge in [0.15, 0.2) is 23.1 Å². The van der Waals surface area contributed by atoms with Crippen LogP contribution in [-0.2, 0) is 0 Å². The van der Waals surface area contributed by atoms with E-state index in [1.165, 1.54) is 0 Å². The summed E-state index contributed by atoms with van der Waals surface area (Å²) in [4.78, 5) is 20.0. The highest BCUT2D eigenvalue weighted by atomic mass is 16.3. The van der Waals surface area contributed by atoms with Crippen LogP contribution in [0.1, 0.15) is 0 Å². The van der Waals surface area contributed by atoms with E-state index in [-0.39, 0.29) is 0 Å². The number of benzene rings is 6. The molecule has 0 amide bonds. The van der Waals surface area contributed by atoms with Crippen LogP contribution in [0.3, 0.4) is 0 Å². The number of fused-ring (bicyclic) bond motifs is 7. The third kappa shape index (κ3) is 3.89. The molecule has 3 heterocycles. The van der Waals surface area contributed by atoms with E-state index in [1.54, 1.807) is 0 Å². The first-order valence-electron chi connectivity index (χ1n) is 14.4. The van der Waals surface area contributed by atoms with Crippen molar-refractivity contribution in [2.75, 3.05) is 0 Å². The van der Waals surface area contributed by atoms with E-state index in [1.807, 2.05) is 115 Å². The van der Waals surface area contributed by atoms with Gasteiger partial charge in [-0.15, -0.1) is 0 Å². The highest BCUT2D eigenvalue weighted by Crippen LogP contribution is 2.42. The van der Waals surface area contributed by atoms with Crippen LogP contribution < -0.4 is 0 Å². The molecule has 0 N–H and O–H groups in total. The monoisotopic (exact) mass is 566 g/mol. The van der Waals surface area contributed by atoms with Crippen molar-refractivity contribution in [3.63, 3.8) is 0 Å². The molecule has 0 unspecified atom stereocenters. The van der Waals surface area contributed by atoms with Crippen LogP contribution >= 0.6 is 0 Å². The van der Waals surface area contributed by atoms with E-state index in [4.69, 9.17) is 28.8 Å². The number of rotatable bonds is 4. The zero-order chi connectivity index (χ0) is 29.0. The Kier molecular flexibility index (Phi) is 5.40. The Morgan fingerprint density at radius 3 is 1.70 bits per heavy atom. The predicted octanol–water partition coefficient (Wildman–Crippen LogP) is 9.73. The normalized spacial score (nSPS) is 11.6. The molecule has 0 radical (unpaired) electrons. The molecule has 9 rings (SSSR count). The smallest absolute Gasteiger partial charge is 0.227 e. The fourth-order valence-corrected chi connectivity index (χ4v) is 5.90. The maximum atomic E-state index is 6.66. The number of hydrogen-bond acceptors (Lipinski definition) is 6. The fraction of sp³-hybridized carbons (Fsp3) is 0. The lowest BCUT2D eigenvalue weighted by Crippen LogP contribution is -2.00. The van der Waals surface area contributed by atoms with E-state index in [9.17, 15) is 0 Å². The predicted molar refractivity (Wildman–Crippen MR) is 174 cm³/mol. The van der Waals surface area contributed by atoms with E-state index in [0.717, 1.165) is 55.0 Å². The second-order valence-electron chi connectivity index (χ2n) is 10.7. The Hall–Kier alpha value is -6.14. The van der Waals surface area contributed by atoms with Crippen molar-refractivity contribution in [1.29, 1.82) is 0 Å². The molecule has 6 aromatic carbocycles. The first-order valence-corrected chi connectivity index (χ1v) is 14.4. The van der Waals surface area contributed by atoms with Gasteiger partial charge < -0.3 is 8.83 Å². The second-order valence-corrected chi connectivity index (χ2v) is 10.7. The Balaban J connectivity index is 1.40. The van der Waals surface area contributed by atoms with Crippen LogP contribution in [0.5, 0.6) is 0 Å². The number of aromatic nitrogens is 4. The summed E-state index contributed by atoms with van der Waals surface area (Å²) in [6.45, 7) is 0. The standard InChI is InChI=1S/C38H22N4O2/c1-4-12-23(13-5-1)35-40-36(24-14-6-2-7-15-24)42-37(41-35)28-22-26-20-21-30-32(27-18-10-11-19-29(27)43-30)31(26)34-33(28)39-38(44-34)25-16-8-3-9-17-25/h1-22H. The molecule has 0 spiro atoms. The van der Waals surface area contributed by atoms with Crippen molar-refractivity contribution in [2.24, 2.45) is 0 Å². The summed E-state index contributed by atoms with van der Waals surface area (Å²) in [6.07, 6.45) is 0. The van der Waals surface area contributed by atoms with Crippen molar-refractivity contribution in [3.05, 3.63) is 133 Å². The minimum Gasteiger partial charge on any atom is -0.456 e. The third-order valence-electron chi connectivity index (χ3n) is 7.95. The summed E-state index contributed by atoms with van der Waals surface area (Å²) in [5, 5.41) is 3.94. The Bertz CT molecular complexity index is 2430. The van der Waals surface area contributed by atoms with Gasteiger partial charge in [-0.2, -0.15) is 0 Å². The van der Waals surface area contributed by atoms with E-state index in [2.05, 4.69) is 18.2 Å². The lowest BCUT2D eigenvalue weighted by Gasteiger charge is -2.10. The zero-order valence-electron chi connectivity index (χ0n) is 23.3. The molecule has 206 valence electrons. The van der Waals surface area contributed by atoms with E-state index >= 15 is 0 Å². The van der Waals surface area contributed by atoms with Crippen molar-refractivity contribution in [3.8, 4) is 45.6 Å². The minimum atomic E-state index is 0.523. The Morgan fingerprint density at radius 1 is 0.432 bits per heavy atom. The third-order valence-corrected chi connectivity index (χ3v) is 7.95. The second kappa shape index (κ2) is 9.71. The van der Waals surface area contributed by atoms with Crippen molar-refractivity contribution in [2.45, 2.75) is 0 Å². The molecule has 0 atom stereocenters. The maximum Gasteiger partial charge on any atom is 0.227 e. The van der Waals surface area contributed by atoms with Crippen molar-refractivity contribution < 1.29 is 8.83 Å². The average Bonchev–Trinajstić information content (AvgIpc) is 3.71. The van der Waals surface area contributed by atoms with Gasteiger partial charge in [-0.1, -0.05) is 103 Å². The highest BCUT2D eigenvalue weighted by Gasteiger charge is 2.23. The topological polar surface area (TPSA) is 77.8 Å². The molecule has 44 heavy (non-hydrogen) atoms. The van der Waals surface area contributed by atoms with Crippen LogP contribution in [0, 0.1) is 0 Å².